The highest BCUT2D eigenvalue weighted by molar-refractivity contribution is 7.80. The third kappa shape index (κ3) is 1.32. The molecule has 1 aliphatic heterocycles. The van der Waals surface area contributed by atoms with Gasteiger partial charge in [0.25, 0.3) is 0 Å². The number of aromatic amines is 1. The zero-order valence-electron chi connectivity index (χ0n) is 8.53. The van der Waals surface area contributed by atoms with Gasteiger partial charge in [-0.05, 0) is 17.7 Å². The van der Waals surface area contributed by atoms with Crippen LogP contribution in [0.25, 0.3) is 11.1 Å². The lowest BCUT2D eigenvalue weighted by Gasteiger charge is -2.40. The van der Waals surface area contributed by atoms with Crippen molar-refractivity contribution in [2.75, 3.05) is 19.0 Å². The van der Waals surface area contributed by atoms with Crippen molar-refractivity contribution in [1.29, 1.82) is 0 Å². The minimum atomic E-state index is -0.420. The van der Waals surface area contributed by atoms with Crippen LogP contribution in [-0.2, 0) is 10.2 Å². The van der Waals surface area contributed by atoms with Crippen LogP contribution in [0.1, 0.15) is 5.56 Å². The predicted octanol–water partition coefficient (Wildman–Crippen LogP) is 1.32. The summed E-state index contributed by atoms with van der Waals surface area (Å²) in [5, 5.41) is 0. The first kappa shape index (κ1) is 9.99. The van der Waals surface area contributed by atoms with Gasteiger partial charge in [0.2, 0.25) is 0 Å². The molecule has 0 amide bonds. The first-order chi connectivity index (χ1) is 7.73. The van der Waals surface area contributed by atoms with E-state index in [0.29, 0.717) is 18.8 Å². The number of hydrogen-bond donors (Lipinski definition) is 2. The zero-order chi connectivity index (χ0) is 11.2. The highest BCUT2D eigenvalue weighted by Gasteiger charge is 2.39. The van der Waals surface area contributed by atoms with E-state index in [1.807, 2.05) is 18.2 Å². The Balaban J connectivity index is 2.14. The van der Waals surface area contributed by atoms with Gasteiger partial charge in [0.05, 0.1) is 24.1 Å². The van der Waals surface area contributed by atoms with E-state index in [9.17, 15) is 4.79 Å². The highest BCUT2D eigenvalue weighted by Crippen LogP contribution is 2.34. The lowest BCUT2D eigenvalue weighted by Crippen LogP contribution is -2.48. The van der Waals surface area contributed by atoms with Gasteiger partial charge in [-0.2, -0.15) is 12.6 Å². The van der Waals surface area contributed by atoms with E-state index in [1.165, 1.54) is 0 Å². The number of oxazole rings is 1. The second kappa shape index (κ2) is 3.40. The SMILES string of the molecule is O=c1[nH]c2ccc(C3(CS)COC3)cc2o1. The van der Waals surface area contributed by atoms with Gasteiger partial charge in [0, 0.05) is 5.75 Å². The molecule has 84 valence electrons. The highest BCUT2D eigenvalue weighted by atomic mass is 32.1. The molecular weight excluding hydrogens is 226 g/mol. The quantitative estimate of drug-likeness (QED) is 0.774. The number of aromatic nitrogens is 1. The molecular formula is C11H11NO3S. The van der Waals surface area contributed by atoms with Crippen molar-refractivity contribution in [3.05, 3.63) is 34.3 Å². The van der Waals surface area contributed by atoms with Crippen LogP contribution in [0.3, 0.4) is 0 Å². The van der Waals surface area contributed by atoms with Gasteiger partial charge in [0.1, 0.15) is 0 Å². The van der Waals surface area contributed by atoms with Crippen LogP contribution in [0.15, 0.2) is 27.4 Å². The lowest BCUT2D eigenvalue weighted by atomic mass is 9.80. The van der Waals surface area contributed by atoms with Crippen molar-refractivity contribution in [2.45, 2.75) is 5.41 Å². The van der Waals surface area contributed by atoms with Crippen LogP contribution in [0.4, 0.5) is 0 Å². The Morgan fingerprint density at radius 1 is 1.44 bits per heavy atom. The van der Waals surface area contributed by atoms with Crippen LogP contribution in [-0.4, -0.2) is 24.0 Å². The summed E-state index contributed by atoms with van der Waals surface area (Å²) in [5.74, 6) is 0.310. The Labute approximate surface area is 97.0 Å². The summed E-state index contributed by atoms with van der Waals surface area (Å²) in [6.45, 7) is 1.35. The molecule has 0 atom stereocenters. The number of hydrogen-bond acceptors (Lipinski definition) is 4. The Bertz CT molecular complexity index is 577. The summed E-state index contributed by atoms with van der Waals surface area (Å²) in [4.78, 5) is 13.7. The molecule has 1 aromatic carbocycles. The second-order valence-electron chi connectivity index (χ2n) is 4.16. The molecule has 0 bridgehead atoms. The summed E-state index contributed by atoms with van der Waals surface area (Å²) in [7, 11) is 0. The Kier molecular flexibility index (Phi) is 2.12. The first-order valence-corrected chi connectivity index (χ1v) is 5.69. The maximum Gasteiger partial charge on any atom is 0.417 e. The van der Waals surface area contributed by atoms with Crippen molar-refractivity contribution in [3.63, 3.8) is 0 Å². The van der Waals surface area contributed by atoms with E-state index >= 15 is 0 Å². The van der Waals surface area contributed by atoms with Gasteiger partial charge < -0.3 is 9.15 Å². The van der Waals surface area contributed by atoms with E-state index in [2.05, 4.69) is 17.6 Å². The fourth-order valence-corrected chi connectivity index (χ4v) is 2.34. The molecule has 2 heterocycles. The molecule has 1 aromatic heterocycles. The molecule has 0 saturated carbocycles. The zero-order valence-corrected chi connectivity index (χ0v) is 9.42. The molecule has 0 unspecified atom stereocenters. The lowest BCUT2D eigenvalue weighted by molar-refractivity contribution is -0.0470. The average Bonchev–Trinajstić information content (AvgIpc) is 2.56. The van der Waals surface area contributed by atoms with Crippen LogP contribution >= 0.6 is 12.6 Å². The molecule has 4 nitrogen and oxygen atoms in total. The van der Waals surface area contributed by atoms with Crippen molar-refractivity contribution < 1.29 is 9.15 Å². The summed E-state index contributed by atoms with van der Waals surface area (Å²) in [6, 6.07) is 5.75. The number of nitrogens with one attached hydrogen (secondary N) is 1. The minimum absolute atomic E-state index is 0.0207. The molecule has 0 radical (unpaired) electrons. The fraction of sp³-hybridized carbons (Fsp3) is 0.364. The number of H-pyrrole nitrogens is 1. The van der Waals surface area contributed by atoms with E-state index < -0.39 is 5.76 Å². The summed E-state index contributed by atoms with van der Waals surface area (Å²) in [6.07, 6.45) is 0. The standard InChI is InChI=1S/C11H11NO3S/c13-10-12-8-2-1-7(3-9(8)15-10)11(6-16)4-14-5-11/h1-3,16H,4-6H2,(H,12,13). The number of benzene rings is 1. The van der Waals surface area contributed by atoms with Gasteiger partial charge in [-0.25, -0.2) is 4.79 Å². The molecule has 2 aromatic rings. The third-order valence-corrected chi connectivity index (χ3v) is 3.70. The summed E-state index contributed by atoms with van der Waals surface area (Å²) < 4.78 is 10.3. The largest absolute Gasteiger partial charge is 0.417 e. The Morgan fingerprint density at radius 3 is 2.88 bits per heavy atom. The van der Waals surface area contributed by atoms with E-state index in [-0.39, 0.29) is 5.41 Å². The van der Waals surface area contributed by atoms with Gasteiger partial charge in [-0.15, -0.1) is 0 Å². The molecule has 1 saturated heterocycles. The molecule has 1 aliphatic rings. The number of thiol groups is 1. The van der Waals surface area contributed by atoms with Crippen molar-refractivity contribution >= 4 is 23.7 Å². The van der Waals surface area contributed by atoms with Crippen LogP contribution in [0.2, 0.25) is 0 Å². The number of fused-ring (bicyclic) bond motifs is 1. The average molecular weight is 237 g/mol. The molecule has 0 aliphatic carbocycles. The topological polar surface area (TPSA) is 55.2 Å². The minimum Gasteiger partial charge on any atom is -0.408 e. The Hall–Kier alpha value is -1.20. The molecule has 0 spiro atoms. The molecule has 5 heteroatoms. The van der Waals surface area contributed by atoms with Crippen LogP contribution in [0.5, 0.6) is 0 Å². The van der Waals surface area contributed by atoms with Crippen LogP contribution in [0, 0.1) is 0 Å². The first-order valence-electron chi connectivity index (χ1n) is 5.05. The van der Waals surface area contributed by atoms with Crippen LogP contribution < -0.4 is 5.76 Å². The molecule has 1 N–H and O–H groups in total. The summed E-state index contributed by atoms with van der Waals surface area (Å²) in [5.41, 5.74) is 2.41. The molecule has 16 heavy (non-hydrogen) atoms. The monoisotopic (exact) mass is 237 g/mol. The second-order valence-corrected chi connectivity index (χ2v) is 4.47. The van der Waals surface area contributed by atoms with Gasteiger partial charge >= 0.3 is 5.76 Å². The van der Waals surface area contributed by atoms with Gasteiger partial charge in [-0.3, -0.25) is 4.98 Å². The predicted molar refractivity (Wildman–Crippen MR) is 63.2 cm³/mol. The van der Waals surface area contributed by atoms with E-state index in [4.69, 9.17) is 9.15 Å². The maximum atomic E-state index is 11.0. The van der Waals surface area contributed by atoms with Gasteiger partial charge in [-0.1, -0.05) is 6.07 Å². The Morgan fingerprint density at radius 2 is 2.25 bits per heavy atom. The normalized spacial score (nSPS) is 18.6. The van der Waals surface area contributed by atoms with E-state index in [0.717, 1.165) is 16.8 Å². The van der Waals surface area contributed by atoms with Gasteiger partial charge in [0.15, 0.2) is 5.58 Å². The van der Waals surface area contributed by atoms with Crippen molar-refractivity contribution in [2.24, 2.45) is 0 Å². The smallest absolute Gasteiger partial charge is 0.408 e. The maximum absolute atomic E-state index is 11.0. The molecule has 1 fully saturated rings. The van der Waals surface area contributed by atoms with Crippen molar-refractivity contribution in [1.82, 2.24) is 4.98 Å². The number of ether oxygens (including phenoxy) is 1. The molecule has 3 rings (SSSR count). The fourth-order valence-electron chi connectivity index (χ4n) is 1.97. The third-order valence-electron chi connectivity index (χ3n) is 3.09. The van der Waals surface area contributed by atoms with E-state index in [1.54, 1.807) is 0 Å². The summed E-state index contributed by atoms with van der Waals surface area (Å²) >= 11 is 4.36. The van der Waals surface area contributed by atoms with Crippen molar-refractivity contribution in [3.8, 4) is 0 Å². The number of rotatable bonds is 2.